The number of nitrogens with one attached hydrogen (secondary N) is 1. The van der Waals surface area contributed by atoms with Crippen LogP contribution in [0.2, 0.25) is 0 Å². The molecule has 1 aromatic rings. The van der Waals surface area contributed by atoms with Gasteiger partial charge >= 0.3 is 0 Å². The third-order valence-corrected chi connectivity index (χ3v) is 3.59. The molecular formula is C14H20ClNO2. The zero-order chi connectivity index (χ0) is 12.8. The molecule has 0 aromatic heterocycles. The summed E-state index contributed by atoms with van der Waals surface area (Å²) in [5.41, 5.74) is 0. The molecule has 0 spiro atoms. The molecule has 1 N–H and O–H groups in total. The van der Waals surface area contributed by atoms with Gasteiger partial charge in [-0.1, -0.05) is 12.1 Å². The van der Waals surface area contributed by atoms with Gasteiger partial charge in [0.1, 0.15) is 6.61 Å². The fraction of sp³-hybridized carbons (Fsp3) is 0.571. The number of alkyl halides is 1. The monoisotopic (exact) mass is 269 g/mol. The zero-order valence-corrected chi connectivity index (χ0v) is 11.5. The summed E-state index contributed by atoms with van der Waals surface area (Å²) in [4.78, 5) is 0. The molecule has 1 aliphatic rings. The average Bonchev–Trinajstić information content (AvgIpc) is 3.23. The molecular weight excluding hydrogens is 250 g/mol. The Morgan fingerprint density at radius 2 is 2.06 bits per heavy atom. The average molecular weight is 270 g/mol. The number of para-hydroxylation sites is 2. The van der Waals surface area contributed by atoms with Crippen LogP contribution in [0.25, 0.3) is 0 Å². The van der Waals surface area contributed by atoms with Crippen molar-refractivity contribution >= 4 is 11.6 Å². The van der Waals surface area contributed by atoms with Gasteiger partial charge in [-0.05, 0) is 30.9 Å². The normalized spacial score (nSPS) is 16.3. The Kier molecular flexibility index (Phi) is 5.14. The van der Waals surface area contributed by atoms with Crippen LogP contribution >= 0.6 is 11.6 Å². The third kappa shape index (κ3) is 4.07. The fourth-order valence-corrected chi connectivity index (χ4v) is 2.20. The van der Waals surface area contributed by atoms with Crippen LogP contribution in [-0.4, -0.2) is 32.2 Å². The maximum Gasteiger partial charge on any atom is 0.161 e. The summed E-state index contributed by atoms with van der Waals surface area (Å²) in [5.74, 6) is 2.28. The van der Waals surface area contributed by atoms with Gasteiger partial charge in [0.05, 0.1) is 7.11 Å². The van der Waals surface area contributed by atoms with Crippen molar-refractivity contribution in [2.45, 2.75) is 18.2 Å². The van der Waals surface area contributed by atoms with Crippen LogP contribution in [0.15, 0.2) is 24.3 Å². The van der Waals surface area contributed by atoms with Gasteiger partial charge in [0, 0.05) is 18.5 Å². The second-order valence-electron chi connectivity index (χ2n) is 4.56. The Balaban J connectivity index is 1.62. The van der Waals surface area contributed by atoms with E-state index in [1.807, 2.05) is 24.3 Å². The number of rotatable bonds is 8. The lowest BCUT2D eigenvalue weighted by atomic mass is 10.3. The molecule has 4 heteroatoms. The summed E-state index contributed by atoms with van der Waals surface area (Å²) < 4.78 is 10.9. The van der Waals surface area contributed by atoms with E-state index in [9.17, 15) is 0 Å². The number of methoxy groups -OCH3 is 1. The van der Waals surface area contributed by atoms with Gasteiger partial charge in [0.2, 0.25) is 0 Å². The Bertz CT molecular complexity index is 369. The van der Waals surface area contributed by atoms with E-state index in [2.05, 4.69) is 5.32 Å². The number of hydrogen-bond donors (Lipinski definition) is 1. The van der Waals surface area contributed by atoms with Crippen LogP contribution in [0.5, 0.6) is 11.5 Å². The van der Waals surface area contributed by atoms with Crippen molar-refractivity contribution in [1.82, 2.24) is 5.32 Å². The molecule has 0 radical (unpaired) electrons. The minimum absolute atomic E-state index is 0.274. The van der Waals surface area contributed by atoms with Crippen molar-refractivity contribution in [3.8, 4) is 11.5 Å². The summed E-state index contributed by atoms with van der Waals surface area (Å²) in [6.45, 7) is 2.28. The lowest BCUT2D eigenvalue weighted by Crippen LogP contribution is -2.28. The van der Waals surface area contributed by atoms with Crippen molar-refractivity contribution in [2.24, 2.45) is 5.92 Å². The number of ether oxygens (including phenoxy) is 2. The molecule has 0 aliphatic heterocycles. The molecule has 18 heavy (non-hydrogen) atoms. The second-order valence-corrected chi connectivity index (χ2v) is 5.12. The van der Waals surface area contributed by atoms with Crippen molar-refractivity contribution < 1.29 is 9.47 Å². The van der Waals surface area contributed by atoms with Gasteiger partial charge in [-0.25, -0.2) is 0 Å². The summed E-state index contributed by atoms with van der Waals surface area (Å²) in [7, 11) is 1.65. The minimum atomic E-state index is 0.274. The summed E-state index contributed by atoms with van der Waals surface area (Å²) in [6, 6.07) is 7.67. The SMILES string of the molecule is COc1ccccc1OCCNCC(Cl)C1CC1. The first-order chi connectivity index (χ1) is 8.81. The predicted molar refractivity (Wildman–Crippen MR) is 73.7 cm³/mol. The zero-order valence-electron chi connectivity index (χ0n) is 10.7. The first-order valence-electron chi connectivity index (χ1n) is 6.42. The molecule has 1 aliphatic carbocycles. The molecule has 1 atom stereocenters. The number of benzene rings is 1. The Morgan fingerprint density at radius 3 is 2.72 bits per heavy atom. The van der Waals surface area contributed by atoms with Gasteiger partial charge in [0.25, 0.3) is 0 Å². The van der Waals surface area contributed by atoms with Gasteiger partial charge < -0.3 is 14.8 Å². The smallest absolute Gasteiger partial charge is 0.161 e. The highest BCUT2D eigenvalue weighted by Gasteiger charge is 2.28. The van der Waals surface area contributed by atoms with Crippen LogP contribution in [0.1, 0.15) is 12.8 Å². The van der Waals surface area contributed by atoms with Crippen LogP contribution in [-0.2, 0) is 0 Å². The first-order valence-corrected chi connectivity index (χ1v) is 6.85. The molecule has 100 valence electrons. The van der Waals surface area contributed by atoms with Gasteiger partial charge in [-0.15, -0.1) is 11.6 Å². The van der Waals surface area contributed by atoms with Gasteiger partial charge in [-0.3, -0.25) is 0 Å². The summed E-state index contributed by atoms with van der Waals surface area (Å²) in [5, 5.41) is 3.59. The second kappa shape index (κ2) is 6.86. The molecule has 2 rings (SSSR count). The summed E-state index contributed by atoms with van der Waals surface area (Å²) in [6.07, 6.45) is 2.57. The Hall–Kier alpha value is -0.930. The minimum Gasteiger partial charge on any atom is -0.493 e. The van der Waals surface area contributed by atoms with E-state index in [-0.39, 0.29) is 5.38 Å². The lowest BCUT2D eigenvalue weighted by Gasteiger charge is -2.12. The van der Waals surface area contributed by atoms with E-state index < -0.39 is 0 Å². The van der Waals surface area contributed by atoms with E-state index in [1.165, 1.54) is 12.8 Å². The van der Waals surface area contributed by atoms with Gasteiger partial charge in [0.15, 0.2) is 11.5 Å². The molecule has 1 saturated carbocycles. The maximum absolute atomic E-state index is 6.20. The van der Waals surface area contributed by atoms with Crippen molar-refractivity contribution in [3.63, 3.8) is 0 Å². The molecule has 1 unspecified atom stereocenters. The van der Waals surface area contributed by atoms with E-state index in [0.717, 1.165) is 30.5 Å². The number of hydrogen-bond acceptors (Lipinski definition) is 3. The molecule has 0 bridgehead atoms. The van der Waals surface area contributed by atoms with Gasteiger partial charge in [-0.2, -0.15) is 0 Å². The molecule has 1 fully saturated rings. The Morgan fingerprint density at radius 1 is 1.33 bits per heavy atom. The Labute approximate surface area is 113 Å². The van der Waals surface area contributed by atoms with Crippen LogP contribution in [0, 0.1) is 5.92 Å². The quantitative estimate of drug-likeness (QED) is 0.581. The highest BCUT2D eigenvalue weighted by atomic mass is 35.5. The van der Waals surface area contributed by atoms with E-state index >= 15 is 0 Å². The van der Waals surface area contributed by atoms with Crippen molar-refractivity contribution in [2.75, 3.05) is 26.8 Å². The van der Waals surface area contributed by atoms with Crippen molar-refractivity contribution in [3.05, 3.63) is 24.3 Å². The third-order valence-electron chi connectivity index (χ3n) is 3.08. The fourth-order valence-electron chi connectivity index (χ4n) is 1.84. The molecule has 3 nitrogen and oxygen atoms in total. The van der Waals surface area contributed by atoms with Crippen molar-refractivity contribution in [1.29, 1.82) is 0 Å². The topological polar surface area (TPSA) is 30.5 Å². The highest BCUT2D eigenvalue weighted by Crippen LogP contribution is 2.35. The van der Waals surface area contributed by atoms with Crippen LogP contribution in [0.4, 0.5) is 0 Å². The largest absolute Gasteiger partial charge is 0.493 e. The highest BCUT2D eigenvalue weighted by molar-refractivity contribution is 6.21. The molecule has 0 amide bonds. The standard InChI is InChI=1S/C14H20ClNO2/c1-17-13-4-2-3-5-14(13)18-9-8-16-10-12(15)11-6-7-11/h2-5,11-12,16H,6-10H2,1H3. The summed E-state index contributed by atoms with van der Waals surface area (Å²) >= 11 is 6.20. The maximum atomic E-state index is 6.20. The first kappa shape index (κ1) is 13.5. The number of halogens is 1. The molecule has 0 saturated heterocycles. The molecule has 1 aromatic carbocycles. The van der Waals surface area contributed by atoms with E-state index in [1.54, 1.807) is 7.11 Å². The predicted octanol–water partition coefficient (Wildman–Crippen LogP) is 2.68. The molecule has 0 heterocycles. The van der Waals surface area contributed by atoms with E-state index in [0.29, 0.717) is 6.61 Å². The van der Waals surface area contributed by atoms with E-state index in [4.69, 9.17) is 21.1 Å². The van der Waals surface area contributed by atoms with Crippen LogP contribution in [0.3, 0.4) is 0 Å². The lowest BCUT2D eigenvalue weighted by molar-refractivity contribution is 0.292. The van der Waals surface area contributed by atoms with Crippen LogP contribution < -0.4 is 14.8 Å².